The number of aromatic amines is 1. The quantitative estimate of drug-likeness (QED) is 0.803. The smallest absolute Gasteiger partial charge is 0.268 e. The van der Waals surface area contributed by atoms with Crippen LogP contribution in [0.25, 0.3) is 0 Å². The van der Waals surface area contributed by atoms with E-state index in [0.29, 0.717) is 23.6 Å². The number of H-pyrrole nitrogens is 1. The van der Waals surface area contributed by atoms with E-state index in [4.69, 9.17) is 9.47 Å². The summed E-state index contributed by atoms with van der Waals surface area (Å²) >= 11 is 3.09. The van der Waals surface area contributed by atoms with Crippen molar-refractivity contribution in [3.05, 3.63) is 21.2 Å². The Morgan fingerprint density at radius 1 is 1.57 bits per heavy atom. The third kappa shape index (κ3) is 3.12. The highest BCUT2D eigenvalue weighted by molar-refractivity contribution is 9.10. The molecule has 0 radical (unpaired) electrons. The molecule has 0 aliphatic heterocycles. The zero-order valence-corrected chi connectivity index (χ0v) is 9.33. The van der Waals surface area contributed by atoms with E-state index in [2.05, 4.69) is 25.9 Å². The monoisotopic (exact) mass is 262 g/mol. The molecule has 1 heterocycles. The van der Waals surface area contributed by atoms with Crippen molar-refractivity contribution in [1.82, 2.24) is 9.97 Å². The number of hydrogen-bond donors (Lipinski definition) is 1. The lowest BCUT2D eigenvalue weighted by Crippen LogP contribution is -2.11. The van der Waals surface area contributed by atoms with Crippen LogP contribution in [0.15, 0.2) is 15.6 Å². The molecule has 0 saturated carbocycles. The number of hydrogen-bond acceptors (Lipinski definition) is 4. The number of rotatable bonds is 5. The maximum absolute atomic E-state index is 11.1. The normalized spacial score (nSPS) is 10.1. The largest absolute Gasteiger partial charge is 0.477 e. The van der Waals surface area contributed by atoms with Gasteiger partial charge in [0.25, 0.3) is 5.56 Å². The average Bonchev–Trinajstić information content (AvgIpc) is 2.19. The molecular weight excluding hydrogens is 252 g/mol. The summed E-state index contributed by atoms with van der Waals surface area (Å²) in [6.45, 7) is 1.10. The van der Waals surface area contributed by atoms with Gasteiger partial charge in [0.1, 0.15) is 4.47 Å². The van der Waals surface area contributed by atoms with E-state index in [0.717, 1.165) is 6.42 Å². The van der Waals surface area contributed by atoms with Gasteiger partial charge in [0.2, 0.25) is 5.88 Å². The molecule has 0 aromatic carbocycles. The fraction of sp³-hybridized carbons (Fsp3) is 0.500. The van der Waals surface area contributed by atoms with Crippen LogP contribution < -0.4 is 10.3 Å². The Morgan fingerprint density at radius 3 is 3.07 bits per heavy atom. The Kier molecular flexibility index (Phi) is 4.61. The third-order valence-electron chi connectivity index (χ3n) is 1.50. The molecule has 1 N–H and O–H groups in total. The minimum absolute atomic E-state index is 0.248. The van der Waals surface area contributed by atoms with Crippen LogP contribution >= 0.6 is 15.9 Å². The highest BCUT2D eigenvalue weighted by Gasteiger charge is 2.05. The van der Waals surface area contributed by atoms with Gasteiger partial charge in [-0.2, -0.15) is 0 Å². The molecular formula is C8H11BrN2O3. The lowest BCUT2D eigenvalue weighted by Gasteiger charge is -2.04. The van der Waals surface area contributed by atoms with Gasteiger partial charge in [-0.3, -0.25) is 4.79 Å². The molecule has 0 saturated heterocycles. The number of halogens is 1. The van der Waals surface area contributed by atoms with Crippen molar-refractivity contribution < 1.29 is 9.47 Å². The van der Waals surface area contributed by atoms with E-state index < -0.39 is 0 Å². The second-order valence-electron chi connectivity index (χ2n) is 2.55. The molecule has 1 aromatic rings. The zero-order chi connectivity index (χ0) is 10.4. The van der Waals surface area contributed by atoms with E-state index in [9.17, 15) is 4.79 Å². The number of aromatic nitrogens is 2. The summed E-state index contributed by atoms with van der Waals surface area (Å²) in [5, 5.41) is 0. The fourth-order valence-corrected chi connectivity index (χ4v) is 1.17. The SMILES string of the molecule is COCCCOc1nc[nH]c(=O)c1Br. The van der Waals surface area contributed by atoms with Crippen LogP contribution in [0.1, 0.15) is 6.42 Å². The van der Waals surface area contributed by atoms with Gasteiger partial charge in [-0.15, -0.1) is 0 Å². The fourth-order valence-electron chi connectivity index (χ4n) is 0.839. The summed E-state index contributed by atoms with van der Waals surface area (Å²) in [5.74, 6) is 0.310. The van der Waals surface area contributed by atoms with Gasteiger partial charge in [-0.05, 0) is 15.9 Å². The molecule has 5 nitrogen and oxygen atoms in total. The number of nitrogens with zero attached hydrogens (tertiary/aromatic N) is 1. The molecule has 1 aromatic heterocycles. The van der Waals surface area contributed by atoms with Gasteiger partial charge in [-0.1, -0.05) is 0 Å². The Hall–Kier alpha value is -0.880. The van der Waals surface area contributed by atoms with Crippen molar-refractivity contribution in [1.29, 1.82) is 0 Å². The first-order valence-electron chi connectivity index (χ1n) is 4.10. The zero-order valence-electron chi connectivity index (χ0n) is 7.75. The molecule has 0 atom stereocenters. The van der Waals surface area contributed by atoms with Crippen molar-refractivity contribution in [2.45, 2.75) is 6.42 Å². The summed E-state index contributed by atoms with van der Waals surface area (Å²) in [6, 6.07) is 0. The van der Waals surface area contributed by atoms with E-state index in [1.54, 1.807) is 7.11 Å². The van der Waals surface area contributed by atoms with Crippen molar-refractivity contribution >= 4 is 15.9 Å². The van der Waals surface area contributed by atoms with Gasteiger partial charge >= 0.3 is 0 Å². The highest BCUT2D eigenvalue weighted by Crippen LogP contribution is 2.15. The molecule has 0 aliphatic carbocycles. The molecule has 78 valence electrons. The molecule has 0 fully saturated rings. The maximum atomic E-state index is 11.1. The Labute approximate surface area is 89.6 Å². The minimum Gasteiger partial charge on any atom is -0.477 e. The number of nitrogens with one attached hydrogen (secondary N) is 1. The van der Waals surface area contributed by atoms with Crippen molar-refractivity contribution in [2.24, 2.45) is 0 Å². The number of methoxy groups -OCH3 is 1. The molecule has 0 spiro atoms. The van der Waals surface area contributed by atoms with E-state index in [-0.39, 0.29) is 5.56 Å². The topological polar surface area (TPSA) is 64.2 Å². The van der Waals surface area contributed by atoms with Crippen LogP contribution in [0.3, 0.4) is 0 Å². The van der Waals surface area contributed by atoms with Gasteiger partial charge in [0.15, 0.2) is 0 Å². The minimum atomic E-state index is -0.248. The summed E-state index contributed by atoms with van der Waals surface area (Å²) < 4.78 is 10.4. The van der Waals surface area contributed by atoms with Crippen LogP contribution in [0.5, 0.6) is 5.88 Å². The van der Waals surface area contributed by atoms with Gasteiger partial charge in [0, 0.05) is 20.1 Å². The molecule has 1 rings (SSSR count). The number of ether oxygens (including phenoxy) is 2. The lowest BCUT2D eigenvalue weighted by molar-refractivity contribution is 0.170. The third-order valence-corrected chi connectivity index (χ3v) is 2.20. The summed E-state index contributed by atoms with van der Waals surface area (Å²) in [4.78, 5) is 17.4. The summed E-state index contributed by atoms with van der Waals surface area (Å²) in [5.41, 5.74) is -0.248. The van der Waals surface area contributed by atoms with E-state index in [1.807, 2.05) is 0 Å². The molecule has 6 heteroatoms. The van der Waals surface area contributed by atoms with Gasteiger partial charge < -0.3 is 14.5 Å². The Bertz CT molecular complexity index is 340. The Balaban J connectivity index is 2.51. The predicted octanol–water partition coefficient (Wildman–Crippen LogP) is 0.948. The van der Waals surface area contributed by atoms with Crippen molar-refractivity contribution in [3.63, 3.8) is 0 Å². The molecule has 0 amide bonds. The van der Waals surface area contributed by atoms with Crippen molar-refractivity contribution in [2.75, 3.05) is 20.3 Å². The first-order valence-corrected chi connectivity index (χ1v) is 4.90. The summed E-state index contributed by atoms with van der Waals surface area (Å²) in [7, 11) is 1.63. The second kappa shape index (κ2) is 5.77. The lowest BCUT2D eigenvalue weighted by atomic mass is 10.5. The molecule has 0 bridgehead atoms. The first-order chi connectivity index (χ1) is 6.75. The van der Waals surface area contributed by atoms with Crippen LogP contribution in [0, 0.1) is 0 Å². The average molecular weight is 263 g/mol. The first kappa shape index (κ1) is 11.2. The van der Waals surface area contributed by atoms with Gasteiger partial charge in [-0.25, -0.2) is 4.98 Å². The maximum Gasteiger partial charge on any atom is 0.268 e. The summed E-state index contributed by atoms with van der Waals surface area (Å²) in [6.07, 6.45) is 2.07. The Morgan fingerprint density at radius 2 is 2.36 bits per heavy atom. The van der Waals surface area contributed by atoms with Crippen molar-refractivity contribution in [3.8, 4) is 5.88 Å². The van der Waals surface area contributed by atoms with Gasteiger partial charge in [0.05, 0.1) is 12.9 Å². The van der Waals surface area contributed by atoms with Crippen LogP contribution in [-0.2, 0) is 4.74 Å². The molecule has 0 aliphatic rings. The van der Waals surface area contributed by atoms with Crippen LogP contribution in [-0.4, -0.2) is 30.3 Å². The second-order valence-corrected chi connectivity index (χ2v) is 3.34. The van der Waals surface area contributed by atoms with Crippen LogP contribution in [0.4, 0.5) is 0 Å². The molecule has 0 unspecified atom stereocenters. The highest BCUT2D eigenvalue weighted by atomic mass is 79.9. The van der Waals surface area contributed by atoms with E-state index in [1.165, 1.54) is 6.33 Å². The standard InChI is InChI=1S/C8H11BrN2O3/c1-13-3-2-4-14-8-6(9)7(12)10-5-11-8/h5H,2-4H2,1H3,(H,10,11,12). The van der Waals surface area contributed by atoms with E-state index >= 15 is 0 Å². The predicted molar refractivity (Wildman–Crippen MR) is 54.5 cm³/mol. The molecule has 14 heavy (non-hydrogen) atoms. The van der Waals surface area contributed by atoms with Crippen LogP contribution in [0.2, 0.25) is 0 Å².